The van der Waals surface area contributed by atoms with Gasteiger partial charge in [0.05, 0.1) is 5.41 Å². The summed E-state index contributed by atoms with van der Waals surface area (Å²) < 4.78 is 0. The molecule has 3 nitrogen and oxygen atoms in total. The number of hydrogen-bond acceptors (Lipinski definition) is 2. The van der Waals surface area contributed by atoms with Crippen molar-refractivity contribution in [3.05, 3.63) is 29.3 Å². The Labute approximate surface area is 126 Å². The molecule has 0 bridgehead atoms. The summed E-state index contributed by atoms with van der Waals surface area (Å²) in [6, 6.07) is 6.31. The molecule has 0 radical (unpaired) electrons. The van der Waals surface area contributed by atoms with Gasteiger partial charge in [0, 0.05) is 12.2 Å². The van der Waals surface area contributed by atoms with Crippen LogP contribution in [0.3, 0.4) is 0 Å². The van der Waals surface area contributed by atoms with Crippen LogP contribution in [-0.2, 0) is 17.6 Å². The zero-order valence-corrected chi connectivity index (χ0v) is 12.8. The van der Waals surface area contributed by atoms with Gasteiger partial charge in [0.1, 0.15) is 0 Å². The van der Waals surface area contributed by atoms with Gasteiger partial charge in [0.15, 0.2) is 0 Å². The van der Waals surface area contributed by atoms with Crippen LogP contribution >= 0.6 is 12.4 Å². The van der Waals surface area contributed by atoms with Gasteiger partial charge >= 0.3 is 0 Å². The summed E-state index contributed by atoms with van der Waals surface area (Å²) in [7, 11) is 0. The molecule has 4 heteroatoms. The van der Waals surface area contributed by atoms with Crippen molar-refractivity contribution < 1.29 is 4.79 Å². The Morgan fingerprint density at radius 1 is 1.30 bits per heavy atom. The maximum absolute atomic E-state index is 12.5. The van der Waals surface area contributed by atoms with E-state index < -0.39 is 0 Å². The van der Waals surface area contributed by atoms with Gasteiger partial charge in [-0.2, -0.15) is 0 Å². The van der Waals surface area contributed by atoms with Crippen molar-refractivity contribution in [1.29, 1.82) is 0 Å². The number of aryl methyl sites for hydroxylation is 1. The average molecular weight is 295 g/mol. The highest BCUT2D eigenvalue weighted by molar-refractivity contribution is 5.96. The Balaban J connectivity index is 0.00000147. The molecule has 1 unspecified atom stereocenters. The molecule has 1 aliphatic heterocycles. The lowest BCUT2D eigenvalue weighted by Crippen LogP contribution is -2.35. The van der Waals surface area contributed by atoms with Gasteiger partial charge in [-0.15, -0.1) is 12.4 Å². The van der Waals surface area contributed by atoms with Crippen molar-refractivity contribution in [2.45, 2.75) is 39.0 Å². The molecule has 1 aromatic rings. The van der Waals surface area contributed by atoms with Crippen molar-refractivity contribution in [2.75, 3.05) is 18.4 Å². The summed E-state index contributed by atoms with van der Waals surface area (Å²) in [6.45, 7) is 3.78. The lowest BCUT2D eigenvalue weighted by atomic mass is 9.87. The fourth-order valence-electron chi connectivity index (χ4n) is 3.18. The van der Waals surface area contributed by atoms with E-state index in [4.69, 9.17) is 0 Å². The Bertz CT molecular complexity index is 495. The first-order valence-corrected chi connectivity index (χ1v) is 7.32. The minimum atomic E-state index is -0.253. The highest BCUT2D eigenvalue weighted by atomic mass is 35.5. The van der Waals surface area contributed by atoms with E-state index in [0.29, 0.717) is 0 Å². The third kappa shape index (κ3) is 2.84. The lowest BCUT2D eigenvalue weighted by molar-refractivity contribution is -0.123. The van der Waals surface area contributed by atoms with Gasteiger partial charge in [-0.3, -0.25) is 4.79 Å². The molecule has 1 aromatic carbocycles. The number of anilines is 1. The standard InChI is InChI=1S/C16H22N2O.ClH/c1-16(9-10-17-11-16)15(19)18-14-8-4-6-12-5-2-3-7-13(12)14;/h4,6,8,17H,2-3,5,7,9-11H2,1H3,(H,18,19);1H. The van der Waals surface area contributed by atoms with Crippen LogP contribution < -0.4 is 10.6 Å². The maximum atomic E-state index is 12.5. The predicted molar refractivity (Wildman–Crippen MR) is 84.6 cm³/mol. The van der Waals surface area contributed by atoms with Gasteiger partial charge in [0.25, 0.3) is 0 Å². The molecule has 1 heterocycles. The molecule has 0 aromatic heterocycles. The van der Waals surface area contributed by atoms with E-state index in [1.807, 2.05) is 6.07 Å². The third-order valence-electron chi connectivity index (χ3n) is 4.56. The second-order valence-corrected chi connectivity index (χ2v) is 6.09. The first-order chi connectivity index (χ1) is 9.19. The average Bonchev–Trinajstić information content (AvgIpc) is 2.87. The minimum absolute atomic E-state index is 0. The molecule has 0 saturated carbocycles. The van der Waals surface area contributed by atoms with E-state index in [-0.39, 0.29) is 23.7 Å². The lowest BCUT2D eigenvalue weighted by Gasteiger charge is -2.24. The predicted octanol–water partition coefficient (Wildman–Crippen LogP) is 2.93. The molecule has 1 amide bonds. The molecular weight excluding hydrogens is 272 g/mol. The zero-order valence-electron chi connectivity index (χ0n) is 12.0. The number of carbonyl (C=O) groups excluding carboxylic acids is 1. The highest BCUT2D eigenvalue weighted by Gasteiger charge is 2.36. The molecule has 1 atom stereocenters. The van der Waals surface area contributed by atoms with E-state index >= 15 is 0 Å². The van der Waals surface area contributed by atoms with Crippen molar-refractivity contribution in [1.82, 2.24) is 5.32 Å². The highest BCUT2D eigenvalue weighted by Crippen LogP contribution is 2.31. The normalized spacial score (nSPS) is 24.6. The van der Waals surface area contributed by atoms with Gasteiger partial charge in [-0.25, -0.2) is 0 Å². The quantitative estimate of drug-likeness (QED) is 0.880. The van der Waals surface area contributed by atoms with Gasteiger partial charge < -0.3 is 10.6 Å². The second kappa shape index (κ2) is 6.15. The summed E-state index contributed by atoms with van der Waals surface area (Å²) in [4.78, 5) is 12.5. The third-order valence-corrected chi connectivity index (χ3v) is 4.56. The number of amides is 1. The summed E-state index contributed by atoms with van der Waals surface area (Å²) in [5.41, 5.74) is 3.56. The van der Waals surface area contributed by atoms with Crippen LogP contribution in [0, 0.1) is 5.41 Å². The topological polar surface area (TPSA) is 41.1 Å². The first kappa shape index (κ1) is 15.3. The van der Waals surface area contributed by atoms with Gasteiger partial charge in [0.2, 0.25) is 5.91 Å². The second-order valence-electron chi connectivity index (χ2n) is 6.09. The van der Waals surface area contributed by atoms with E-state index in [2.05, 4.69) is 29.7 Å². The van der Waals surface area contributed by atoms with E-state index in [9.17, 15) is 4.79 Å². The minimum Gasteiger partial charge on any atom is -0.325 e. The van der Waals surface area contributed by atoms with Crippen LogP contribution in [0.2, 0.25) is 0 Å². The number of rotatable bonds is 2. The van der Waals surface area contributed by atoms with E-state index in [1.165, 1.54) is 24.0 Å². The first-order valence-electron chi connectivity index (χ1n) is 7.32. The number of halogens is 1. The largest absolute Gasteiger partial charge is 0.325 e. The number of nitrogens with one attached hydrogen (secondary N) is 2. The Hall–Kier alpha value is -1.06. The number of carbonyl (C=O) groups is 1. The Morgan fingerprint density at radius 3 is 2.85 bits per heavy atom. The van der Waals surface area contributed by atoms with E-state index in [1.54, 1.807) is 0 Å². The molecule has 1 aliphatic carbocycles. The van der Waals surface area contributed by atoms with Gasteiger partial charge in [-0.05, 0) is 62.8 Å². The maximum Gasteiger partial charge on any atom is 0.231 e. The molecule has 0 spiro atoms. The number of hydrogen-bond donors (Lipinski definition) is 2. The summed E-state index contributed by atoms with van der Waals surface area (Å²) in [5.74, 6) is 0.163. The van der Waals surface area contributed by atoms with Crippen LogP contribution in [0.25, 0.3) is 0 Å². The molecule has 2 N–H and O–H groups in total. The fraction of sp³-hybridized carbons (Fsp3) is 0.562. The molecule has 20 heavy (non-hydrogen) atoms. The van der Waals surface area contributed by atoms with Crippen LogP contribution in [0.5, 0.6) is 0 Å². The van der Waals surface area contributed by atoms with Crippen molar-refractivity contribution in [3.8, 4) is 0 Å². The monoisotopic (exact) mass is 294 g/mol. The van der Waals surface area contributed by atoms with Gasteiger partial charge in [-0.1, -0.05) is 12.1 Å². The molecular formula is C16H23ClN2O. The Morgan fingerprint density at radius 2 is 2.10 bits per heavy atom. The van der Waals surface area contributed by atoms with Crippen molar-refractivity contribution in [3.63, 3.8) is 0 Å². The molecule has 110 valence electrons. The molecule has 2 aliphatic rings. The van der Waals surface area contributed by atoms with Crippen LogP contribution in [0.15, 0.2) is 18.2 Å². The summed E-state index contributed by atoms with van der Waals surface area (Å²) in [5, 5.41) is 6.45. The zero-order chi connectivity index (χ0) is 13.3. The van der Waals surface area contributed by atoms with Crippen molar-refractivity contribution in [2.24, 2.45) is 5.41 Å². The van der Waals surface area contributed by atoms with Crippen LogP contribution in [0.4, 0.5) is 5.69 Å². The smallest absolute Gasteiger partial charge is 0.231 e. The summed E-state index contributed by atoms with van der Waals surface area (Å²) in [6.07, 6.45) is 5.68. The van der Waals surface area contributed by atoms with E-state index in [0.717, 1.165) is 38.0 Å². The fourth-order valence-corrected chi connectivity index (χ4v) is 3.18. The molecule has 3 rings (SSSR count). The van der Waals surface area contributed by atoms with Crippen LogP contribution in [-0.4, -0.2) is 19.0 Å². The number of benzene rings is 1. The summed E-state index contributed by atoms with van der Waals surface area (Å²) >= 11 is 0. The van der Waals surface area contributed by atoms with Crippen LogP contribution in [0.1, 0.15) is 37.3 Å². The molecule has 1 fully saturated rings. The SMILES string of the molecule is CC1(C(=O)Nc2cccc3c2CCCC3)CCNC1.Cl. The Kier molecular flexibility index (Phi) is 4.71. The molecule has 1 saturated heterocycles. The van der Waals surface area contributed by atoms with Crippen molar-refractivity contribution >= 4 is 24.0 Å². The number of fused-ring (bicyclic) bond motifs is 1.